The van der Waals surface area contributed by atoms with Crippen LogP contribution in [0, 0.1) is 12.8 Å². The SMILES string of the molecule is Cc1c(Cl)nc(C2CC2)nc1N1CCCC(C(F)(F)F)C1. The Balaban J connectivity index is 1.88. The molecule has 1 aromatic heterocycles. The van der Waals surface area contributed by atoms with Gasteiger partial charge in [-0.1, -0.05) is 11.6 Å². The average Bonchev–Trinajstić information content (AvgIpc) is 3.25. The largest absolute Gasteiger partial charge is 0.393 e. The van der Waals surface area contributed by atoms with Gasteiger partial charge in [-0.15, -0.1) is 0 Å². The van der Waals surface area contributed by atoms with Gasteiger partial charge in [-0.05, 0) is 32.6 Å². The van der Waals surface area contributed by atoms with E-state index in [2.05, 4.69) is 9.97 Å². The first-order valence-corrected chi connectivity index (χ1v) is 7.59. The van der Waals surface area contributed by atoms with Crippen molar-refractivity contribution in [2.45, 2.75) is 44.7 Å². The molecule has 1 saturated heterocycles. The number of anilines is 1. The predicted octanol–water partition coefficient (Wildman–Crippen LogP) is 4.09. The van der Waals surface area contributed by atoms with E-state index in [0.29, 0.717) is 41.2 Å². The van der Waals surface area contributed by atoms with Crippen molar-refractivity contribution < 1.29 is 13.2 Å². The topological polar surface area (TPSA) is 29.0 Å². The minimum atomic E-state index is -4.15. The van der Waals surface area contributed by atoms with Gasteiger partial charge in [0.2, 0.25) is 0 Å². The molecule has 0 aromatic carbocycles. The molecule has 7 heteroatoms. The highest BCUT2D eigenvalue weighted by atomic mass is 35.5. The smallest absolute Gasteiger partial charge is 0.356 e. The van der Waals surface area contributed by atoms with E-state index in [1.807, 2.05) is 0 Å². The van der Waals surface area contributed by atoms with Gasteiger partial charge < -0.3 is 4.90 Å². The lowest BCUT2D eigenvalue weighted by Gasteiger charge is -2.35. The zero-order valence-electron chi connectivity index (χ0n) is 11.8. The van der Waals surface area contributed by atoms with E-state index in [4.69, 9.17) is 11.6 Å². The second-order valence-corrected chi connectivity index (χ2v) is 6.28. The third-order valence-electron chi connectivity index (χ3n) is 4.20. The molecule has 1 aromatic rings. The summed E-state index contributed by atoms with van der Waals surface area (Å²) in [6.07, 6.45) is -1.38. The molecule has 0 radical (unpaired) electrons. The molecule has 1 aliphatic carbocycles. The number of piperidine rings is 1. The summed E-state index contributed by atoms with van der Waals surface area (Å²) >= 11 is 6.14. The summed E-state index contributed by atoms with van der Waals surface area (Å²) in [6.45, 7) is 2.32. The van der Waals surface area contributed by atoms with Crippen LogP contribution in [0.3, 0.4) is 0 Å². The lowest BCUT2D eigenvalue weighted by Crippen LogP contribution is -2.42. The highest BCUT2D eigenvalue weighted by Crippen LogP contribution is 2.41. The quantitative estimate of drug-likeness (QED) is 0.769. The maximum atomic E-state index is 12.9. The standard InChI is InChI=1S/C14H17ClF3N3/c1-8-11(15)19-12(9-4-5-9)20-13(8)21-6-2-3-10(7-21)14(16,17)18/h9-10H,2-7H2,1H3. The fourth-order valence-electron chi connectivity index (χ4n) is 2.76. The predicted molar refractivity (Wildman–Crippen MR) is 74.7 cm³/mol. The van der Waals surface area contributed by atoms with Crippen molar-refractivity contribution in [3.8, 4) is 0 Å². The first-order valence-electron chi connectivity index (χ1n) is 7.22. The zero-order valence-corrected chi connectivity index (χ0v) is 12.5. The fraction of sp³-hybridized carbons (Fsp3) is 0.714. The third kappa shape index (κ3) is 3.10. The van der Waals surface area contributed by atoms with Gasteiger partial charge in [-0.25, -0.2) is 9.97 Å². The van der Waals surface area contributed by atoms with Crippen LogP contribution < -0.4 is 4.90 Å². The van der Waals surface area contributed by atoms with Crippen LogP contribution in [0.4, 0.5) is 19.0 Å². The number of hydrogen-bond acceptors (Lipinski definition) is 3. The molecule has 3 nitrogen and oxygen atoms in total. The van der Waals surface area contributed by atoms with Gasteiger partial charge in [0, 0.05) is 24.6 Å². The number of rotatable bonds is 2. The van der Waals surface area contributed by atoms with E-state index in [1.165, 1.54) is 0 Å². The summed E-state index contributed by atoms with van der Waals surface area (Å²) in [6, 6.07) is 0. The van der Waals surface area contributed by atoms with Crippen LogP contribution in [0.5, 0.6) is 0 Å². The highest BCUT2D eigenvalue weighted by Gasteiger charge is 2.42. The fourth-order valence-corrected chi connectivity index (χ4v) is 2.93. The molecular formula is C14H17ClF3N3. The first-order chi connectivity index (χ1) is 9.86. The van der Waals surface area contributed by atoms with Crippen molar-refractivity contribution in [1.29, 1.82) is 0 Å². The number of hydrogen-bond donors (Lipinski definition) is 0. The summed E-state index contributed by atoms with van der Waals surface area (Å²) in [5.74, 6) is 0.286. The molecule has 0 amide bonds. The van der Waals surface area contributed by atoms with E-state index < -0.39 is 12.1 Å². The summed E-state index contributed by atoms with van der Waals surface area (Å²) in [5, 5.41) is 0.357. The van der Waals surface area contributed by atoms with Crippen LogP contribution in [0.25, 0.3) is 0 Å². The maximum Gasteiger partial charge on any atom is 0.393 e. The minimum absolute atomic E-state index is 0.0399. The van der Waals surface area contributed by atoms with Crippen molar-refractivity contribution in [3.63, 3.8) is 0 Å². The monoisotopic (exact) mass is 319 g/mol. The van der Waals surface area contributed by atoms with Crippen LogP contribution in [0.15, 0.2) is 0 Å². The van der Waals surface area contributed by atoms with E-state index in [1.54, 1.807) is 11.8 Å². The molecule has 2 aliphatic rings. The Hall–Kier alpha value is -1.04. The summed E-state index contributed by atoms with van der Waals surface area (Å²) in [5.41, 5.74) is 0.670. The van der Waals surface area contributed by atoms with Crippen molar-refractivity contribution in [2.24, 2.45) is 5.92 Å². The Labute approximate surface area is 126 Å². The third-order valence-corrected chi connectivity index (χ3v) is 4.57. The highest BCUT2D eigenvalue weighted by molar-refractivity contribution is 6.30. The van der Waals surface area contributed by atoms with Gasteiger partial charge in [0.25, 0.3) is 0 Å². The second kappa shape index (κ2) is 5.30. The van der Waals surface area contributed by atoms with Gasteiger partial charge in [-0.3, -0.25) is 0 Å². The Bertz CT molecular complexity index is 543. The van der Waals surface area contributed by atoms with Crippen molar-refractivity contribution in [1.82, 2.24) is 9.97 Å². The zero-order chi connectivity index (χ0) is 15.2. The van der Waals surface area contributed by atoms with Crippen LogP contribution >= 0.6 is 11.6 Å². The van der Waals surface area contributed by atoms with Crippen molar-refractivity contribution >= 4 is 17.4 Å². The molecular weight excluding hydrogens is 303 g/mol. The summed E-state index contributed by atoms with van der Waals surface area (Å²) in [4.78, 5) is 10.5. The van der Waals surface area contributed by atoms with Gasteiger partial charge in [0.15, 0.2) is 0 Å². The van der Waals surface area contributed by atoms with Crippen molar-refractivity contribution in [3.05, 3.63) is 16.5 Å². The lowest BCUT2D eigenvalue weighted by molar-refractivity contribution is -0.176. The Morgan fingerprint density at radius 1 is 1.19 bits per heavy atom. The van der Waals surface area contributed by atoms with Gasteiger partial charge in [0.1, 0.15) is 16.8 Å². The van der Waals surface area contributed by atoms with E-state index in [-0.39, 0.29) is 13.0 Å². The summed E-state index contributed by atoms with van der Waals surface area (Å²) in [7, 11) is 0. The summed E-state index contributed by atoms with van der Waals surface area (Å²) < 4.78 is 38.8. The Kier molecular flexibility index (Phi) is 3.76. The molecule has 0 N–H and O–H groups in total. The molecule has 1 atom stereocenters. The molecule has 1 saturated carbocycles. The van der Waals surface area contributed by atoms with Crippen LogP contribution in [-0.4, -0.2) is 29.2 Å². The van der Waals surface area contributed by atoms with Crippen molar-refractivity contribution in [2.75, 3.05) is 18.0 Å². The molecule has 1 aliphatic heterocycles. The van der Waals surface area contributed by atoms with E-state index >= 15 is 0 Å². The molecule has 2 heterocycles. The molecule has 3 rings (SSSR count). The Morgan fingerprint density at radius 3 is 2.52 bits per heavy atom. The Morgan fingerprint density at radius 2 is 1.90 bits per heavy atom. The molecule has 0 spiro atoms. The maximum absolute atomic E-state index is 12.9. The first kappa shape index (κ1) is 14.9. The van der Waals surface area contributed by atoms with Gasteiger partial charge in [-0.2, -0.15) is 13.2 Å². The van der Waals surface area contributed by atoms with E-state index in [9.17, 15) is 13.2 Å². The van der Waals surface area contributed by atoms with Crippen LogP contribution in [0.1, 0.15) is 43.0 Å². The molecule has 0 bridgehead atoms. The van der Waals surface area contributed by atoms with Gasteiger partial charge in [0.05, 0.1) is 5.92 Å². The normalized spacial score (nSPS) is 23.5. The lowest BCUT2D eigenvalue weighted by atomic mass is 9.97. The molecule has 21 heavy (non-hydrogen) atoms. The number of nitrogens with zero attached hydrogens (tertiary/aromatic N) is 3. The number of alkyl halides is 3. The van der Waals surface area contributed by atoms with Crippen LogP contribution in [0.2, 0.25) is 5.15 Å². The van der Waals surface area contributed by atoms with Crippen LogP contribution in [-0.2, 0) is 0 Å². The average molecular weight is 320 g/mol. The number of aromatic nitrogens is 2. The van der Waals surface area contributed by atoms with E-state index in [0.717, 1.165) is 12.8 Å². The molecule has 116 valence electrons. The molecule has 2 fully saturated rings. The second-order valence-electron chi connectivity index (χ2n) is 5.92. The number of halogens is 4. The molecule has 1 unspecified atom stereocenters. The minimum Gasteiger partial charge on any atom is -0.356 e. The van der Waals surface area contributed by atoms with Gasteiger partial charge >= 0.3 is 6.18 Å².